The maximum Gasteiger partial charge on any atom is 0.328 e. The lowest BCUT2D eigenvalue weighted by Crippen LogP contribution is -2.32. The SMILES string of the molecule is CCOC(=O)C1CC(C(=O)NCc2cc(Cl)ccc2Cl)=CN1. The van der Waals surface area contributed by atoms with Crippen molar-refractivity contribution in [2.45, 2.75) is 25.9 Å². The van der Waals surface area contributed by atoms with Crippen LogP contribution in [0.4, 0.5) is 0 Å². The number of hydrogen-bond acceptors (Lipinski definition) is 4. The highest BCUT2D eigenvalue weighted by molar-refractivity contribution is 6.33. The molecule has 0 aliphatic carbocycles. The van der Waals surface area contributed by atoms with Gasteiger partial charge in [-0.1, -0.05) is 23.2 Å². The maximum atomic E-state index is 12.1. The van der Waals surface area contributed by atoms with Gasteiger partial charge in [-0.05, 0) is 30.7 Å². The van der Waals surface area contributed by atoms with Gasteiger partial charge in [-0.2, -0.15) is 0 Å². The largest absolute Gasteiger partial charge is 0.464 e. The molecule has 7 heteroatoms. The van der Waals surface area contributed by atoms with Crippen molar-refractivity contribution in [3.63, 3.8) is 0 Å². The Labute approximate surface area is 138 Å². The third-order valence-electron chi connectivity index (χ3n) is 3.19. The van der Waals surface area contributed by atoms with Crippen LogP contribution in [0.3, 0.4) is 0 Å². The van der Waals surface area contributed by atoms with E-state index in [0.717, 1.165) is 5.56 Å². The Kier molecular flexibility index (Phi) is 5.69. The molecular formula is C15H16Cl2N2O3. The number of ether oxygens (including phenoxy) is 1. The molecule has 0 radical (unpaired) electrons. The number of benzene rings is 1. The summed E-state index contributed by atoms with van der Waals surface area (Å²) >= 11 is 11.9. The zero-order valence-corrected chi connectivity index (χ0v) is 13.5. The maximum absolute atomic E-state index is 12.1. The molecule has 0 saturated heterocycles. The molecule has 1 aliphatic heterocycles. The van der Waals surface area contributed by atoms with Crippen LogP contribution in [0.1, 0.15) is 18.9 Å². The Bertz CT molecular complexity index is 617. The summed E-state index contributed by atoms with van der Waals surface area (Å²) in [5.74, 6) is -0.616. The number of amides is 1. The van der Waals surface area contributed by atoms with Crippen LogP contribution in [-0.2, 0) is 20.9 Å². The molecule has 0 fully saturated rings. The molecule has 0 spiro atoms. The van der Waals surface area contributed by atoms with Crippen molar-refractivity contribution in [3.8, 4) is 0 Å². The van der Waals surface area contributed by atoms with E-state index in [-0.39, 0.29) is 18.4 Å². The predicted molar refractivity (Wildman–Crippen MR) is 84.6 cm³/mol. The average Bonchev–Trinajstić information content (AvgIpc) is 2.98. The van der Waals surface area contributed by atoms with Crippen LogP contribution in [0.15, 0.2) is 30.0 Å². The van der Waals surface area contributed by atoms with Crippen LogP contribution >= 0.6 is 23.2 Å². The summed E-state index contributed by atoms with van der Waals surface area (Å²) in [4.78, 5) is 23.7. The molecule has 2 rings (SSSR count). The van der Waals surface area contributed by atoms with Crippen molar-refractivity contribution < 1.29 is 14.3 Å². The molecular weight excluding hydrogens is 327 g/mol. The number of hydrogen-bond donors (Lipinski definition) is 2. The predicted octanol–water partition coefficient (Wildman–Crippen LogP) is 2.42. The van der Waals surface area contributed by atoms with Gasteiger partial charge in [0.25, 0.3) is 0 Å². The second kappa shape index (κ2) is 7.51. The first kappa shape index (κ1) is 16.6. The zero-order valence-electron chi connectivity index (χ0n) is 12.0. The smallest absolute Gasteiger partial charge is 0.328 e. The molecule has 0 aromatic heterocycles. The standard InChI is InChI=1S/C15H16Cl2N2O3/c1-2-22-15(21)13-6-10(8-18-13)14(20)19-7-9-5-11(16)3-4-12(9)17/h3-5,8,13,18H,2,6-7H2,1H3,(H,19,20). The molecule has 1 amide bonds. The fraction of sp³-hybridized carbons (Fsp3) is 0.333. The van der Waals surface area contributed by atoms with Crippen LogP contribution in [0.25, 0.3) is 0 Å². The Morgan fingerprint density at radius 3 is 2.91 bits per heavy atom. The van der Waals surface area contributed by atoms with Crippen molar-refractivity contribution in [1.82, 2.24) is 10.6 Å². The van der Waals surface area contributed by atoms with E-state index in [1.165, 1.54) is 6.20 Å². The first-order chi connectivity index (χ1) is 10.5. The van der Waals surface area contributed by atoms with Gasteiger partial charge in [0.15, 0.2) is 0 Å². The lowest BCUT2D eigenvalue weighted by molar-refractivity contribution is -0.145. The Morgan fingerprint density at radius 2 is 2.18 bits per heavy atom. The Hall–Kier alpha value is -1.72. The number of carbonyl (C=O) groups excluding carboxylic acids is 2. The number of carbonyl (C=O) groups is 2. The molecule has 0 saturated carbocycles. The molecule has 5 nitrogen and oxygen atoms in total. The van der Waals surface area contributed by atoms with Crippen LogP contribution in [0.2, 0.25) is 10.0 Å². The molecule has 2 N–H and O–H groups in total. The first-order valence-corrected chi connectivity index (χ1v) is 7.60. The second-order valence-electron chi connectivity index (χ2n) is 4.76. The van der Waals surface area contributed by atoms with Gasteiger partial charge in [0.2, 0.25) is 5.91 Å². The van der Waals surface area contributed by atoms with Gasteiger partial charge in [-0.15, -0.1) is 0 Å². The average molecular weight is 343 g/mol. The van der Waals surface area contributed by atoms with E-state index in [9.17, 15) is 9.59 Å². The monoisotopic (exact) mass is 342 g/mol. The summed E-state index contributed by atoms with van der Waals surface area (Å²) in [5.41, 5.74) is 1.23. The van der Waals surface area contributed by atoms with Gasteiger partial charge in [-0.25, -0.2) is 4.79 Å². The van der Waals surface area contributed by atoms with Gasteiger partial charge < -0.3 is 15.4 Å². The molecule has 118 valence electrons. The third-order valence-corrected chi connectivity index (χ3v) is 3.80. The molecule has 1 aliphatic rings. The van der Waals surface area contributed by atoms with Gasteiger partial charge in [-0.3, -0.25) is 4.79 Å². The summed E-state index contributed by atoms with van der Waals surface area (Å²) in [6, 6.07) is 4.56. The van der Waals surface area contributed by atoms with Gasteiger partial charge in [0, 0.05) is 34.8 Å². The summed E-state index contributed by atoms with van der Waals surface area (Å²) < 4.78 is 4.91. The Balaban J connectivity index is 1.88. The van der Waals surface area contributed by atoms with Crippen LogP contribution in [0.5, 0.6) is 0 Å². The molecule has 1 aromatic carbocycles. The summed E-state index contributed by atoms with van der Waals surface area (Å²) in [7, 11) is 0. The topological polar surface area (TPSA) is 67.4 Å². The lowest BCUT2D eigenvalue weighted by Gasteiger charge is -2.10. The molecule has 1 aromatic rings. The van der Waals surface area contributed by atoms with E-state index < -0.39 is 6.04 Å². The molecule has 0 bridgehead atoms. The van der Waals surface area contributed by atoms with E-state index in [1.807, 2.05) is 0 Å². The quantitative estimate of drug-likeness (QED) is 0.806. The van der Waals surface area contributed by atoms with Crippen molar-refractivity contribution in [1.29, 1.82) is 0 Å². The Morgan fingerprint density at radius 1 is 1.41 bits per heavy atom. The third kappa shape index (κ3) is 4.15. The lowest BCUT2D eigenvalue weighted by atomic mass is 10.1. The molecule has 22 heavy (non-hydrogen) atoms. The highest BCUT2D eigenvalue weighted by atomic mass is 35.5. The van der Waals surface area contributed by atoms with Crippen molar-refractivity contribution >= 4 is 35.1 Å². The van der Waals surface area contributed by atoms with Gasteiger partial charge in [0.05, 0.1) is 6.61 Å². The normalized spacial score (nSPS) is 16.7. The second-order valence-corrected chi connectivity index (χ2v) is 5.61. The van der Waals surface area contributed by atoms with Crippen molar-refractivity contribution in [2.75, 3.05) is 6.61 Å². The van der Waals surface area contributed by atoms with Gasteiger partial charge >= 0.3 is 5.97 Å². The van der Waals surface area contributed by atoms with E-state index in [1.54, 1.807) is 25.1 Å². The van der Waals surface area contributed by atoms with E-state index >= 15 is 0 Å². The summed E-state index contributed by atoms with van der Waals surface area (Å²) in [6.45, 7) is 2.31. The first-order valence-electron chi connectivity index (χ1n) is 6.85. The minimum absolute atomic E-state index is 0.254. The zero-order chi connectivity index (χ0) is 16.1. The number of nitrogens with one attached hydrogen (secondary N) is 2. The van der Waals surface area contributed by atoms with Crippen molar-refractivity contribution in [2.24, 2.45) is 0 Å². The van der Waals surface area contributed by atoms with E-state index in [2.05, 4.69) is 10.6 Å². The fourth-order valence-electron chi connectivity index (χ4n) is 2.06. The fourth-order valence-corrected chi connectivity index (χ4v) is 2.44. The minimum Gasteiger partial charge on any atom is -0.464 e. The number of rotatable bonds is 5. The highest BCUT2D eigenvalue weighted by Gasteiger charge is 2.27. The number of halogens is 2. The molecule has 1 unspecified atom stereocenters. The minimum atomic E-state index is -0.504. The van der Waals surface area contributed by atoms with E-state index in [0.29, 0.717) is 28.6 Å². The highest BCUT2D eigenvalue weighted by Crippen LogP contribution is 2.21. The van der Waals surface area contributed by atoms with Gasteiger partial charge in [0.1, 0.15) is 6.04 Å². The molecule has 1 heterocycles. The summed E-state index contributed by atoms with van der Waals surface area (Å²) in [6.07, 6.45) is 1.84. The molecule has 1 atom stereocenters. The van der Waals surface area contributed by atoms with E-state index in [4.69, 9.17) is 27.9 Å². The summed E-state index contributed by atoms with van der Waals surface area (Å²) in [5, 5.41) is 6.69. The van der Waals surface area contributed by atoms with Crippen molar-refractivity contribution in [3.05, 3.63) is 45.6 Å². The number of esters is 1. The van der Waals surface area contributed by atoms with Crippen LogP contribution in [-0.4, -0.2) is 24.5 Å². The van der Waals surface area contributed by atoms with Crippen LogP contribution < -0.4 is 10.6 Å². The van der Waals surface area contributed by atoms with Crippen LogP contribution in [0, 0.1) is 0 Å².